The first-order valence-electron chi connectivity index (χ1n) is 5.64. The maximum atomic E-state index is 3.65. The van der Waals surface area contributed by atoms with Gasteiger partial charge >= 0.3 is 0 Å². The van der Waals surface area contributed by atoms with E-state index in [4.69, 9.17) is 0 Å². The van der Waals surface area contributed by atoms with Crippen molar-refractivity contribution in [2.45, 2.75) is 65.0 Å². The van der Waals surface area contributed by atoms with Gasteiger partial charge in [0, 0.05) is 12.1 Å². The van der Waals surface area contributed by atoms with E-state index in [2.05, 4.69) is 12.2 Å². The summed E-state index contributed by atoms with van der Waals surface area (Å²) >= 11 is 0. The Kier molecular flexibility index (Phi) is 4.07. The van der Waals surface area contributed by atoms with Crippen LogP contribution in [0.1, 0.15) is 52.9 Å². The van der Waals surface area contributed by atoms with Crippen LogP contribution in [0.25, 0.3) is 0 Å². The third-order valence-corrected chi connectivity index (χ3v) is 3.15. The molecule has 2 saturated heterocycles. The second-order valence-electron chi connectivity index (χ2n) is 3.88. The molecule has 0 saturated carbocycles. The van der Waals surface area contributed by atoms with E-state index in [1.54, 1.807) is 0 Å². The van der Waals surface area contributed by atoms with Crippen molar-refractivity contribution in [2.24, 2.45) is 5.92 Å². The molecule has 0 aromatic carbocycles. The molecule has 2 aliphatic heterocycles. The fourth-order valence-electron chi connectivity index (χ4n) is 2.51. The molecule has 0 radical (unpaired) electrons. The van der Waals surface area contributed by atoms with E-state index in [1.165, 1.54) is 32.1 Å². The van der Waals surface area contributed by atoms with Gasteiger partial charge in [-0.15, -0.1) is 0 Å². The molecule has 2 bridgehead atoms. The number of fused-ring (bicyclic) bond motifs is 2. The zero-order valence-electron chi connectivity index (χ0n) is 8.77. The first-order valence-corrected chi connectivity index (χ1v) is 5.64. The van der Waals surface area contributed by atoms with Crippen LogP contribution in [0.3, 0.4) is 0 Å². The fraction of sp³-hybridized carbons (Fsp3) is 1.00. The highest BCUT2D eigenvalue weighted by molar-refractivity contribution is 4.91. The third kappa shape index (κ3) is 2.22. The summed E-state index contributed by atoms with van der Waals surface area (Å²) in [6.45, 7) is 6.33. The highest BCUT2D eigenvalue weighted by Crippen LogP contribution is 2.32. The molecule has 2 rings (SSSR count). The molecule has 1 nitrogen and oxygen atoms in total. The van der Waals surface area contributed by atoms with E-state index >= 15 is 0 Å². The van der Waals surface area contributed by atoms with Crippen molar-refractivity contribution >= 4 is 0 Å². The van der Waals surface area contributed by atoms with Crippen molar-refractivity contribution in [1.29, 1.82) is 0 Å². The number of hydrogen-bond donors (Lipinski definition) is 1. The molecule has 0 aromatic heterocycles. The van der Waals surface area contributed by atoms with Crippen LogP contribution in [-0.2, 0) is 0 Å². The van der Waals surface area contributed by atoms with Crippen molar-refractivity contribution in [1.82, 2.24) is 5.32 Å². The molecule has 2 heterocycles. The second-order valence-corrected chi connectivity index (χ2v) is 3.88. The molecule has 0 aromatic rings. The smallest absolute Gasteiger partial charge is 0.00728 e. The maximum Gasteiger partial charge on any atom is 0.00728 e. The Morgan fingerprint density at radius 3 is 2.00 bits per heavy atom. The van der Waals surface area contributed by atoms with Crippen LogP contribution in [0.4, 0.5) is 0 Å². The summed E-state index contributed by atoms with van der Waals surface area (Å²) < 4.78 is 0. The second kappa shape index (κ2) is 4.86. The van der Waals surface area contributed by atoms with E-state index in [0.717, 1.165) is 18.0 Å². The zero-order chi connectivity index (χ0) is 8.97. The molecule has 12 heavy (non-hydrogen) atoms. The van der Waals surface area contributed by atoms with E-state index in [-0.39, 0.29) is 0 Å². The van der Waals surface area contributed by atoms with Gasteiger partial charge in [-0.2, -0.15) is 0 Å². The van der Waals surface area contributed by atoms with Gasteiger partial charge < -0.3 is 5.32 Å². The lowest BCUT2D eigenvalue weighted by atomic mass is 9.90. The molecule has 2 unspecified atom stereocenters. The van der Waals surface area contributed by atoms with Gasteiger partial charge in [0.25, 0.3) is 0 Å². The van der Waals surface area contributed by atoms with Gasteiger partial charge in [-0.1, -0.05) is 27.2 Å². The van der Waals surface area contributed by atoms with Gasteiger partial charge in [0.05, 0.1) is 0 Å². The fourth-order valence-corrected chi connectivity index (χ4v) is 2.51. The molecule has 0 spiro atoms. The monoisotopic (exact) mass is 169 g/mol. The minimum absolute atomic E-state index is 0.892. The van der Waals surface area contributed by atoms with Gasteiger partial charge in [-0.25, -0.2) is 0 Å². The lowest BCUT2D eigenvalue weighted by Gasteiger charge is -2.27. The summed E-state index contributed by atoms with van der Waals surface area (Å²) in [6.07, 6.45) is 7.19. The van der Waals surface area contributed by atoms with Crippen molar-refractivity contribution in [3.8, 4) is 0 Å². The highest BCUT2D eigenvalue weighted by Gasteiger charge is 2.32. The summed E-state index contributed by atoms with van der Waals surface area (Å²) in [4.78, 5) is 0. The molecule has 2 atom stereocenters. The topological polar surface area (TPSA) is 12.0 Å². The largest absolute Gasteiger partial charge is 0.311 e. The normalized spacial score (nSPS) is 38.8. The molecule has 72 valence electrons. The summed E-state index contributed by atoms with van der Waals surface area (Å²) in [5.41, 5.74) is 0. The van der Waals surface area contributed by atoms with Crippen molar-refractivity contribution in [2.75, 3.05) is 0 Å². The van der Waals surface area contributed by atoms with Crippen LogP contribution in [-0.4, -0.2) is 12.1 Å². The lowest BCUT2D eigenvalue weighted by molar-refractivity contribution is 0.293. The van der Waals surface area contributed by atoms with Gasteiger partial charge in [-0.3, -0.25) is 0 Å². The van der Waals surface area contributed by atoms with E-state index in [9.17, 15) is 0 Å². The average Bonchev–Trinajstić information content (AvgIpc) is 2.49. The minimum Gasteiger partial charge on any atom is -0.311 e. The molecule has 0 aliphatic carbocycles. The van der Waals surface area contributed by atoms with Crippen LogP contribution < -0.4 is 5.32 Å². The first kappa shape index (κ1) is 10.0. The van der Waals surface area contributed by atoms with Crippen LogP contribution in [0, 0.1) is 5.92 Å². The highest BCUT2D eigenvalue weighted by atomic mass is 15.0. The molecule has 1 N–H and O–H groups in total. The Morgan fingerprint density at radius 2 is 1.58 bits per heavy atom. The first-order chi connectivity index (χ1) is 5.88. The number of nitrogens with one attached hydrogen (secondary N) is 1. The summed E-state index contributed by atoms with van der Waals surface area (Å²) in [5, 5.41) is 3.65. The summed E-state index contributed by atoms with van der Waals surface area (Å²) in [7, 11) is 0. The Balaban J connectivity index is 0.000000336. The average molecular weight is 169 g/mol. The SMILES string of the molecule is CC.CCC1CC2CCC(C1)N2. The van der Waals surface area contributed by atoms with Crippen molar-refractivity contribution in [3.05, 3.63) is 0 Å². The predicted molar refractivity (Wildman–Crippen MR) is 54.3 cm³/mol. The van der Waals surface area contributed by atoms with E-state index in [0.29, 0.717) is 0 Å². The van der Waals surface area contributed by atoms with Crippen molar-refractivity contribution < 1.29 is 0 Å². The van der Waals surface area contributed by atoms with Gasteiger partial charge in [0.15, 0.2) is 0 Å². The standard InChI is InChI=1S/C9H17N.C2H6/c1-2-7-5-8-3-4-9(6-7)10-8;1-2/h7-10H,2-6H2,1H3;1-2H3. The van der Waals surface area contributed by atoms with Crippen LogP contribution >= 0.6 is 0 Å². The quantitative estimate of drug-likeness (QED) is 0.636. The van der Waals surface area contributed by atoms with Crippen LogP contribution in [0.2, 0.25) is 0 Å². The molecule has 0 amide bonds. The van der Waals surface area contributed by atoms with E-state index < -0.39 is 0 Å². The lowest BCUT2D eigenvalue weighted by Crippen LogP contribution is -2.37. The minimum atomic E-state index is 0.892. The van der Waals surface area contributed by atoms with Crippen LogP contribution in [0.5, 0.6) is 0 Å². The number of piperidine rings is 1. The number of rotatable bonds is 1. The Morgan fingerprint density at radius 1 is 1.08 bits per heavy atom. The molecule has 1 heteroatoms. The predicted octanol–water partition coefficient (Wildman–Crippen LogP) is 2.95. The Labute approximate surface area is 76.9 Å². The molecule has 2 aliphatic rings. The summed E-state index contributed by atoms with van der Waals surface area (Å²) in [5.74, 6) is 1.04. The van der Waals surface area contributed by atoms with Gasteiger partial charge in [-0.05, 0) is 31.6 Å². The maximum absolute atomic E-state index is 3.65. The number of hydrogen-bond acceptors (Lipinski definition) is 1. The molecular formula is C11H23N. The molecule has 2 fully saturated rings. The zero-order valence-corrected chi connectivity index (χ0v) is 8.77. The van der Waals surface area contributed by atoms with Crippen molar-refractivity contribution in [3.63, 3.8) is 0 Å². The van der Waals surface area contributed by atoms with E-state index in [1.807, 2.05) is 13.8 Å². The Bertz CT molecular complexity index is 110. The summed E-state index contributed by atoms with van der Waals surface area (Å²) in [6, 6.07) is 1.78. The third-order valence-electron chi connectivity index (χ3n) is 3.15. The molecular weight excluding hydrogens is 146 g/mol. The Hall–Kier alpha value is -0.0400. The van der Waals surface area contributed by atoms with Crippen LogP contribution in [0.15, 0.2) is 0 Å². The van der Waals surface area contributed by atoms with Gasteiger partial charge in [0.1, 0.15) is 0 Å². The van der Waals surface area contributed by atoms with Gasteiger partial charge in [0.2, 0.25) is 0 Å².